The van der Waals surface area contributed by atoms with Gasteiger partial charge in [0, 0.05) is 47.5 Å². The lowest BCUT2D eigenvalue weighted by atomic mass is 10.0. The van der Waals surface area contributed by atoms with Gasteiger partial charge in [-0.05, 0) is 40.5 Å². The van der Waals surface area contributed by atoms with E-state index >= 15 is 8.78 Å². The van der Waals surface area contributed by atoms with Crippen LogP contribution in [0.4, 0.5) is 14.6 Å². The van der Waals surface area contributed by atoms with Crippen molar-refractivity contribution < 1.29 is 18.0 Å². The molecule has 1 atom stereocenters. The Bertz CT molecular complexity index is 2020. The smallest absolute Gasteiger partial charge is 0.319 e. The summed E-state index contributed by atoms with van der Waals surface area (Å²) in [5.41, 5.74) is 0.280. The number of alkyl halides is 1. The number of hydrogen-bond donors (Lipinski definition) is 0. The first kappa shape index (κ1) is 35.7. The number of nitrogens with zero attached hydrogens (tertiary/aromatic N) is 4. The summed E-state index contributed by atoms with van der Waals surface area (Å²) in [5.74, 6) is -0.884. The fraction of sp³-hybridized carbons (Fsp3) is 0.256. The topological polar surface area (TPSA) is 58.6 Å². The van der Waals surface area contributed by atoms with E-state index in [2.05, 4.69) is 53.2 Å². The summed E-state index contributed by atoms with van der Waals surface area (Å²) in [5, 5.41) is 2.33. The monoisotopic (exact) mass is 774 g/mol. The second-order valence-electron chi connectivity index (χ2n) is 13.5. The first-order chi connectivity index (χ1) is 23.9. The molecule has 50 heavy (non-hydrogen) atoms. The number of hydrogen-bond acceptors (Lipinski definition) is 5. The van der Waals surface area contributed by atoms with Crippen LogP contribution < -0.4 is 19.7 Å². The summed E-state index contributed by atoms with van der Waals surface area (Å²) >= 11 is 10.3. The molecule has 0 radical (unpaired) electrons. The average molecular weight is 776 g/mol. The van der Waals surface area contributed by atoms with Gasteiger partial charge in [0.2, 0.25) is 5.91 Å². The molecule has 5 aromatic rings. The Morgan fingerprint density at radius 1 is 0.980 bits per heavy atom. The molecule has 11 heteroatoms. The van der Waals surface area contributed by atoms with Crippen LogP contribution in [-0.4, -0.2) is 60.1 Å². The largest absolute Gasteiger partial charge is 0.533 e. The Morgan fingerprint density at radius 3 is 2.20 bits per heavy atom. The van der Waals surface area contributed by atoms with Gasteiger partial charge in [-0.15, -0.1) is 0 Å². The molecular formula is C39H38BrClF2N4O2Si. The van der Waals surface area contributed by atoms with E-state index in [4.69, 9.17) is 16.0 Å². The number of aromatic nitrogens is 2. The van der Waals surface area contributed by atoms with E-state index in [9.17, 15) is 4.79 Å². The van der Waals surface area contributed by atoms with Crippen molar-refractivity contribution in [1.29, 1.82) is 0 Å². The number of piperazine rings is 1. The highest BCUT2D eigenvalue weighted by Gasteiger charge is 2.52. The van der Waals surface area contributed by atoms with Gasteiger partial charge in [-0.2, -0.15) is 0 Å². The van der Waals surface area contributed by atoms with Crippen LogP contribution in [0, 0.1) is 11.6 Å². The predicted molar refractivity (Wildman–Crippen MR) is 204 cm³/mol. The molecular weight excluding hydrogens is 738 g/mol. The van der Waals surface area contributed by atoms with Crippen molar-refractivity contribution in [3.63, 3.8) is 0 Å². The average Bonchev–Trinajstić information content (AvgIpc) is 3.11. The molecule has 1 saturated heterocycles. The number of carbonyl (C=O) groups excluding carboxylic acids is 1. The summed E-state index contributed by atoms with van der Waals surface area (Å²) < 4.78 is 40.4. The molecule has 4 aromatic carbocycles. The highest BCUT2D eigenvalue weighted by Crippen LogP contribution is 2.45. The number of rotatable bonds is 8. The molecule has 1 aliphatic rings. The Balaban J connectivity index is 1.48. The molecule has 1 aromatic heterocycles. The Morgan fingerprint density at radius 2 is 1.62 bits per heavy atom. The van der Waals surface area contributed by atoms with E-state index in [0.717, 1.165) is 10.4 Å². The molecule has 0 saturated carbocycles. The van der Waals surface area contributed by atoms with Crippen LogP contribution in [0.3, 0.4) is 0 Å². The van der Waals surface area contributed by atoms with E-state index in [1.807, 2.05) is 72.5 Å². The van der Waals surface area contributed by atoms with Gasteiger partial charge in [0.25, 0.3) is 0 Å². The van der Waals surface area contributed by atoms with Crippen LogP contribution in [0.15, 0.2) is 103 Å². The normalized spacial score (nSPS) is 15.3. The highest BCUT2D eigenvalue weighted by atomic mass is 79.9. The summed E-state index contributed by atoms with van der Waals surface area (Å²) in [6.07, 6.45) is 1.30. The second kappa shape index (κ2) is 14.2. The van der Waals surface area contributed by atoms with Crippen molar-refractivity contribution in [1.82, 2.24) is 14.9 Å². The maximum absolute atomic E-state index is 17.0. The number of benzene rings is 4. The van der Waals surface area contributed by atoms with Crippen molar-refractivity contribution in [3.8, 4) is 16.9 Å². The minimum atomic E-state index is -3.23. The second-order valence-corrected chi connectivity index (χ2v) is 18.7. The number of anilines is 1. The third-order valence-electron chi connectivity index (χ3n) is 9.36. The molecule has 6 rings (SSSR count). The van der Waals surface area contributed by atoms with E-state index in [-0.39, 0.29) is 39.4 Å². The Labute approximate surface area is 306 Å². The van der Waals surface area contributed by atoms with Crippen molar-refractivity contribution in [3.05, 3.63) is 120 Å². The molecule has 0 spiro atoms. The zero-order chi connectivity index (χ0) is 35.8. The van der Waals surface area contributed by atoms with Gasteiger partial charge in [0.05, 0.1) is 10.6 Å². The van der Waals surface area contributed by atoms with Gasteiger partial charge in [0.15, 0.2) is 5.82 Å². The minimum absolute atomic E-state index is 0.00136. The lowest BCUT2D eigenvalue weighted by molar-refractivity contribution is -0.127. The van der Waals surface area contributed by atoms with E-state index in [1.54, 1.807) is 23.1 Å². The molecule has 6 nitrogen and oxygen atoms in total. The van der Waals surface area contributed by atoms with Crippen LogP contribution in [0.5, 0.6) is 5.75 Å². The maximum Gasteiger partial charge on any atom is 0.319 e. The molecule has 0 N–H and O–H groups in total. The molecule has 0 unspecified atom stereocenters. The number of halogens is 4. The molecule has 1 amide bonds. The first-order valence-electron chi connectivity index (χ1n) is 16.4. The van der Waals surface area contributed by atoms with Crippen molar-refractivity contribution >= 4 is 68.8 Å². The molecule has 1 aliphatic heterocycles. The molecule has 0 aliphatic carbocycles. The third-order valence-corrected chi connectivity index (χ3v) is 15.3. The van der Waals surface area contributed by atoms with Gasteiger partial charge in [0.1, 0.15) is 29.2 Å². The Kier molecular flexibility index (Phi) is 10.2. The SMILES string of the molecule is C=C(CBr)C(=O)N1CCN(c2ncnc3c(F)c(-c4c(F)cccc4O[Si](c4ccccc4)(c4ccccc4)C(C)(C)C)c(Cl)cc23)[C@@H](C)C1. The number of amides is 1. The zero-order valence-electron chi connectivity index (χ0n) is 28.4. The lowest BCUT2D eigenvalue weighted by Gasteiger charge is -2.43. The molecule has 258 valence electrons. The van der Waals surface area contributed by atoms with Gasteiger partial charge < -0.3 is 14.2 Å². The first-order valence-corrected chi connectivity index (χ1v) is 19.8. The van der Waals surface area contributed by atoms with E-state index < -0.39 is 25.0 Å². The van der Waals surface area contributed by atoms with Gasteiger partial charge in [-0.1, -0.05) is 122 Å². The van der Waals surface area contributed by atoms with Gasteiger partial charge in [-0.25, -0.2) is 18.7 Å². The van der Waals surface area contributed by atoms with Crippen LogP contribution in [0.25, 0.3) is 22.0 Å². The predicted octanol–water partition coefficient (Wildman–Crippen LogP) is 8.16. The summed E-state index contributed by atoms with van der Waals surface area (Å²) in [6, 6.07) is 25.9. The molecule has 2 heterocycles. The maximum atomic E-state index is 17.0. The number of carbonyl (C=O) groups is 1. The van der Waals surface area contributed by atoms with Crippen LogP contribution in [0.2, 0.25) is 10.1 Å². The van der Waals surface area contributed by atoms with Gasteiger partial charge >= 0.3 is 8.32 Å². The summed E-state index contributed by atoms with van der Waals surface area (Å²) in [4.78, 5) is 25.4. The quantitative estimate of drug-likeness (QED) is 0.0906. The fourth-order valence-corrected chi connectivity index (χ4v) is 11.9. The third kappa shape index (κ3) is 6.33. The van der Waals surface area contributed by atoms with Crippen LogP contribution >= 0.6 is 27.5 Å². The molecule has 0 bridgehead atoms. The van der Waals surface area contributed by atoms with Gasteiger partial charge in [-0.3, -0.25) is 4.79 Å². The van der Waals surface area contributed by atoms with E-state index in [0.29, 0.717) is 41.7 Å². The molecule has 1 fully saturated rings. The number of fused-ring (bicyclic) bond motifs is 1. The fourth-order valence-electron chi connectivity index (χ4n) is 6.96. The zero-order valence-corrected chi connectivity index (χ0v) is 31.7. The van der Waals surface area contributed by atoms with Crippen molar-refractivity contribution in [2.24, 2.45) is 0 Å². The minimum Gasteiger partial charge on any atom is -0.533 e. The standard InChI is InChI=1S/C39H38BrClF2N4O2Si/c1-25(22-40)38(48)46-19-20-47(26(2)23-46)37-29-21-30(41)33(35(43)36(29)44-24-45-37)34-31(42)17-12-18-32(34)49-50(39(3,4)5,27-13-8-6-9-14-27)28-15-10-7-11-16-28/h6-18,21,24,26H,1,19-20,22-23H2,2-5H3/t26-/m0/s1. The van der Waals surface area contributed by atoms with Crippen molar-refractivity contribution in [2.45, 2.75) is 38.8 Å². The lowest BCUT2D eigenvalue weighted by Crippen LogP contribution is -2.68. The van der Waals surface area contributed by atoms with E-state index in [1.165, 1.54) is 12.4 Å². The van der Waals surface area contributed by atoms with Crippen LogP contribution in [0.1, 0.15) is 27.7 Å². The highest BCUT2D eigenvalue weighted by molar-refractivity contribution is 9.09. The van der Waals surface area contributed by atoms with Crippen molar-refractivity contribution in [2.75, 3.05) is 29.9 Å². The van der Waals surface area contributed by atoms with Crippen LogP contribution in [-0.2, 0) is 4.79 Å². The Hall–Kier alpha value is -4.12. The summed E-state index contributed by atoms with van der Waals surface area (Å²) in [7, 11) is -3.23. The summed E-state index contributed by atoms with van der Waals surface area (Å²) in [6.45, 7) is 13.5.